The summed E-state index contributed by atoms with van der Waals surface area (Å²) >= 11 is 0. The maximum atomic E-state index is 5.01. The zero-order valence-corrected chi connectivity index (χ0v) is 9.72. The van der Waals surface area contributed by atoms with Crippen LogP contribution in [0.5, 0.6) is 0 Å². The van der Waals surface area contributed by atoms with Crippen molar-refractivity contribution in [3.8, 4) is 0 Å². The van der Waals surface area contributed by atoms with E-state index in [9.17, 15) is 0 Å². The van der Waals surface area contributed by atoms with Crippen molar-refractivity contribution in [1.29, 1.82) is 0 Å². The SMILES string of the molecule is COCCNCC(C)C1CCCCC1. The third kappa shape index (κ3) is 4.43. The third-order valence-electron chi connectivity index (χ3n) is 3.40. The van der Waals surface area contributed by atoms with Gasteiger partial charge >= 0.3 is 0 Å². The van der Waals surface area contributed by atoms with Gasteiger partial charge in [0.2, 0.25) is 0 Å². The van der Waals surface area contributed by atoms with Gasteiger partial charge in [0.05, 0.1) is 6.61 Å². The third-order valence-corrected chi connectivity index (χ3v) is 3.40. The highest BCUT2D eigenvalue weighted by Gasteiger charge is 2.19. The Bertz CT molecular complexity index is 132. The fourth-order valence-electron chi connectivity index (χ4n) is 2.37. The van der Waals surface area contributed by atoms with Crippen molar-refractivity contribution in [1.82, 2.24) is 5.32 Å². The zero-order chi connectivity index (χ0) is 10.2. The first kappa shape index (κ1) is 12.0. The number of nitrogens with one attached hydrogen (secondary N) is 1. The van der Waals surface area contributed by atoms with Gasteiger partial charge in [0.25, 0.3) is 0 Å². The van der Waals surface area contributed by atoms with E-state index in [2.05, 4.69) is 12.2 Å². The van der Waals surface area contributed by atoms with Crippen LogP contribution in [0.2, 0.25) is 0 Å². The minimum Gasteiger partial charge on any atom is -0.383 e. The lowest BCUT2D eigenvalue weighted by molar-refractivity contribution is 0.192. The van der Waals surface area contributed by atoms with E-state index in [0.717, 1.165) is 31.5 Å². The predicted octanol–water partition coefficient (Wildman–Crippen LogP) is 2.44. The Hall–Kier alpha value is -0.0800. The molecule has 0 radical (unpaired) electrons. The van der Waals surface area contributed by atoms with Crippen LogP contribution in [0.4, 0.5) is 0 Å². The maximum Gasteiger partial charge on any atom is 0.0587 e. The monoisotopic (exact) mass is 199 g/mol. The van der Waals surface area contributed by atoms with Gasteiger partial charge in [0.15, 0.2) is 0 Å². The summed E-state index contributed by atoms with van der Waals surface area (Å²) < 4.78 is 5.01. The molecule has 0 amide bonds. The van der Waals surface area contributed by atoms with E-state index in [4.69, 9.17) is 4.74 Å². The Balaban J connectivity index is 2.04. The van der Waals surface area contributed by atoms with E-state index in [1.165, 1.54) is 32.1 Å². The molecule has 1 aliphatic rings. The molecule has 14 heavy (non-hydrogen) atoms. The molecule has 0 aromatic heterocycles. The molecular weight excluding hydrogens is 174 g/mol. The van der Waals surface area contributed by atoms with Crippen LogP contribution in [0.25, 0.3) is 0 Å². The summed E-state index contributed by atoms with van der Waals surface area (Å²) in [6.45, 7) is 5.37. The second-order valence-electron chi connectivity index (χ2n) is 4.57. The Morgan fingerprint density at radius 3 is 2.64 bits per heavy atom. The molecule has 0 saturated heterocycles. The molecule has 1 unspecified atom stereocenters. The molecule has 1 rings (SSSR count). The Morgan fingerprint density at radius 1 is 1.29 bits per heavy atom. The normalized spacial score (nSPS) is 21.0. The van der Waals surface area contributed by atoms with Crippen LogP contribution in [0, 0.1) is 11.8 Å². The van der Waals surface area contributed by atoms with Crippen molar-refractivity contribution in [2.45, 2.75) is 39.0 Å². The average molecular weight is 199 g/mol. The topological polar surface area (TPSA) is 21.3 Å². The van der Waals surface area contributed by atoms with Gasteiger partial charge in [0.1, 0.15) is 0 Å². The molecule has 0 aromatic rings. The number of methoxy groups -OCH3 is 1. The number of hydrogen-bond donors (Lipinski definition) is 1. The highest BCUT2D eigenvalue weighted by molar-refractivity contribution is 4.72. The molecule has 1 N–H and O–H groups in total. The lowest BCUT2D eigenvalue weighted by Gasteiger charge is -2.27. The van der Waals surface area contributed by atoms with Crippen LogP contribution in [0.3, 0.4) is 0 Å². The lowest BCUT2D eigenvalue weighted by atomic mass is 9.81. The first-order valence-electron chi connectivity index (χ1n) is 6.04. The first-order valence-corrected chi connectivity index (χ1v) is 6.04. The van der Waals surface area contributed by atoms with E-state index in [1.54, 1.807) is 7.11 Å². The smallest absolute Gasteiger partial charge is 0.0587 e. The van der Waals surface area contributed by atoms with Gasteiger partial charge in [-0.05, 0) is 18.4 Å². The highest BCUT2D eigenvalue weighted by Crippen LogP contribution is 2.29. The van der Waals surface area contributed by atoms with Crippen molar-refractivity contribution < 1.29 is 4.74 Å². The van der Waals surface area contributed by atoms with Gasteiger partial charge in [-0.1, -0.05) is 39.0 Å². The molecule has 2 nitrogen and oxygen atoms in total. The standard InChI is InChI=1S/C12H25NO/c1-11(10-13-8-9-14-2)12-6-4-3-5-7-12/h11-13H,3-10H2,1-2H3. The van der Waals surface area contributed by atoms with E-state index >= 15 is 0 Å². The molecular formula is C12H25NO. The maximum absolute atomic E-state index is 5.01. The predicted molar refractivity (Wildman–Crippen MR) is 60.5 cm³/mol. The number of rotatable bonds is 6. The Labute approximate surface area is 88.4 Å². The van der Waals surface area contributed by atoms with E-state index in [0.29, 0.717) is 0 Å². The highest BCUT2D eigenvalue weighted by atomic mass is 16.5. The van der Waals surface area contributed by atoms with Crippen LogP contribution < -0.4 is 5.32 Å². The fraction of sp³-hybridized carbons (Fsp3) is 1.00. The summed E-state index contributed by atoms with van der Waals surface area (Å²) in [5, 5.41) is 3.46. The average Bonchev–Trinajstić information content (AvgIpc) is 2.25. The van der Waals surface area contributed by atoms with E-state index in [1.807, 2.05) is 0 Å². The molecule has 0 aliphatic heterocycles. The largest absolute Gasteiger partial charge is 0.383 e. The molecule has 84 valence electrons. The molecule has 1 fully saturated rings. The second-order valence-corrected chi connectivity index (χ2v) is 4.57. The summed E-state index contributed by atoms with van der Waals surface area (Å²) in [6.07, 6.45) is 7.26. The van der Waals surface area contributed by atoms with Crippen molar-refractivity contribution >= 4 is 0 Å². The fourth-order valence-corrected chi connectivity index (χ4v) is 2.37. The van der Waals surface area contributed by atoms with Crippen molar-refractivity contribution in [3.05, 3.63) is 0 Å². The van der Waals surface area contributed by atoms with Crippen LogP contribution in [0.1, 0.15) is 39.0 Å². The van der Waals surface area contributed by atoms with Crippen molar-refractivity contribution in [3.63, 3.8) is 0 Å². The Morgan fingerprint density at radius 2 is 2.00 bits per heavy atom. The molecule has 2 heteroatoms. The first-order chi connectivity index (χ1) is 6.84. The van der Waals surface area contributed by atoms with Crippen LogP contribution in [0.15, 0.2) is 0 Å². The summed E-state index contributed by atoms with van der Waals surface area (Å²) in [4.78, 5) is 0. The molecule has 0 bridgehead atoms. The zero-order valence-electron chi connectivity index (χ0n) is 9.72. The van der Waals surface area contributed by atoms with Gasteiger partial charge in [-0.25, -0.2) is 0 Å². The summed E-state index contributed by atoms with van der Waals surface area (Å²) in [5.74, 6) is 1.81. The van der Waals surface area contributed by atoms with Crippen molar-refractivity contribution in [2.75, 3.05) is 26.8 Å². The Kier molecular flexibility index (Phi) is 6.20. The molecule has 0 spiro atoms. The van der Waals surface area contributed by atoms with E-state index < -0.39 is 0 Å². The minimum atomic E-state index is 0.831. The summed E-state index contributed by atoms with van der Waals surface area (Å²) in [6, 6.07) is 0. The molecule has 0 aromatic carbocycles. The molecule has 1 saturated carbocycles. The molecule has 0 heterocycles. The summed E-state index contributed by atoms with van der Waals surface area (Å²) in [7, 11) is 1.76. The summed E-state index contributed by atoms with van der Waals surface area (Å²) in [5.41, 5.74) is 0. The van der Waals surface area contributed by atoms with Crippen LogP contribution in [-0.4, -0.2) is 26.8 Å². The lowest BCUT2D eigenvalue weighted by Crippen LogP contribution is -2.29. The van der Waals surface area contributed by atoms with Crippen LogP contribution in [-0.2, 0) is 4.74 Å². The second kappa shape index (κ2) is 7.24. The van der Waals surface area contributed by atoms with Crippen molar-refractivity contribution in [2.24, 2.45) is 11.8 Å². The molecule has 1 aliphatic carbocycles. The van der Waals surface area contributed by atoms with Gasteiger partial charge in [-0.2, -0.15) is 0 Å². The molecule has 1 atom stereocenters. The van der Waals surface area contributed by atoms with Gasteiger partial charge in [-0.15, -0.1) is 0 Å². The van der Waals surface area contributed by atoms with Crippen LogP contribution >= 0.6 is 0 Å². The van der Waals surface area contributed by atoms with Gasteiger partial charge in [-0.3, -0.25) is 0 Å². The quantitative estimate of drug-likeness (QED) is 0.663. The van der Waals surface area contributed by atoms with E-state index in [-0.39, 0.29) is 0 Å². The van der Waals surface area contributed by atoms with Gasteiger partial charge < -0.3 is 10.1 Å². The van der Waals surface area contributed by atoms with Gasteiger partial charge in [0, 0.05) is 13.7 Å². The number of hydrogen-bond acceptors (Lipinski definition) is 2. The minimum absolute atomic E-state index is 0.831. The number of ether oxygens (including phenoxy) is 1.